The van der Waals surface area contributed by atoms with Crippen LogP contribution in [-0.2, 0) is 9.63 Å². The zero-order chi connectivity index (χ0) is 22.2. The van der Waals surface area contributed by atoms with E-state index in [1.54, 1.807) is 6.07 Å². The van der Waals surface area contributed by atoms with Crippen LogP contribution in [0.5, 0.6) is 0 Å². The topological polar surface area (TPSA) is 69.2 Å². The van der Waals surface area contributed by atoms with Crippen LogP contribution in [0.25, 0.3) is 5.57 Å². The molecule has 11 heteroatoms. The molecule has 3 heterocycles. The molecular weight excluding hydrogens is 487 g/mol. The molecule has 0 atom stereocenters. The lowest BCUT2D eigenvalue weighted by Gasteiger charge is -2.31. The second kappa shape index (κ2) is 10.7. The van der Waals surface area contributed by atoms with E-state index in [0.29, 0.717) is 47.1 Å². The zero-order valence-corrected chi connectivity index (χ0v) is 20.1. The van der Waals surface area contributed by atoms with E-state index in [4.69, 9.17) is 4.84 Å². The van der Waals surface area contributed by atoms with Gasteiger partial charge in [0.05, 0.1) is 11.3 Å². The van der Waals surface area contributed by atoms with Crippen molar-refractivity contribution in [2.24, 2.45) is 5.16 Å². The number of oxime groups is 1. The number of amides is 1. The minimum Gasteiger partial charge on any atom is -0.394 e. The van der Waals surface area contributed by atoms with Gasteiger partial charge in [-0.1, -0.05) is 5.16 Å². The fourth-order valence-electron chi connectivity index (χ4n) is 4.16. The van der Waals surface area contributed by atoms with Gasteiger partial charge in [-0.15, -0.1) is 24.8 Å². The Balaban J connectivity index is 0.00000162. The molecule has 0 radical (unpaired) electrons. The smallest absolute Gasteiger partial charge is 0.258 e. The lowest BCUT2D eigenvalue weighted by Crippen LogP contribution is -2.45. The number of halogens is 4. The third-order valence-electron chi connectivity index (χ3n) is 5.96. The number of likely N-dealkylation sites (N-methyl/N-ethyl adjacent to an activating group) is 1. The van der Waals surface area contributed by atoms with E-state index in [1.807, 2.05) is 0 Å². The molecule has 0 aromatic heterocycles. The van der Waals surface area contributed by atoms with Gasteiger partial charge in [0, 0.05) is 55.2 Å². The molecule has 0 aliphatic carbocycles. The number of hydrogen-bond acceptors (Lipinski definition) is 6. The van der Waals surface area contributed by atoms with Gasteiger partial charge in [-0.2, -0.15) is 0 Å². The van der Waals surface area contributed by atoms with Gasteiger partial charge in [0.25, 0.3) is 5.91 Å². The summed E-state index contributed by atoms with van der Waals surface area (Å²) < 4.78 is 27.9. The van der Waals surface area contributed by atoms with Gasteiger partial charge < -0.3 is 20.4 Å². The summed E-state index contributed by atoms with van der Waals surface area (Å²) in [6.07, 6.45) is 0. The minimum atomic E-state index is -0.457. The van der Waals surface area contributed by atoms with Crippen molar-refractivity contribution in [3.63, 3.8) is 0 Å². The highest BCUT2D eigenvalue weighted by molar-refractivity contribution is 6.39. The summed E-state index contributed by atoms with van der Waals surface area (Å²) in [5, 5.41) is 10.2. The van der Waals surface area contributed by atoms with Crippen LogP contribution in [0.15, 0.2) is 47.3 Å². The normalized spacial score (nSPS) is 20.7. The first-order valence-corrected chi connectivity index (χ1v) is 10.5. The first kappa shape index (κ1) is 25.9. The molecule has 2 N–H and O–H groups in total. The third kappa shape index (κ3) is 5.02. The molecule has 5 rings (SSSR count). The van der Waals surface area contributed by atoms with Crippen molar-refractivity contribution in [1.29, 1.82) is 0 Å². The Morgan fingerprint density at radius 1 is 0.941 bits per heavy atom. The lowest BCUT2D eigenvalue weighted by molar-refractivity contribution is -0.110. The predicted molar refractivity (Wildman–Crippen MR) is 133 cm³/mol. The van der Waals surface area contributed by atoms with E-state index < -0.39 is 11.6 Å². The highest BCUT2D eigenvalue weighted by Gasteiger charge is 2.35. The number of nitrogens with zero attached hydrogens (tertiary/aromatic N) is 3. The summed E-state index contributed by atoms with van der Waals surface area (Å²) >= 11 is 0. The Kier molecular flexibility index (Phi) is 8.14. The Morgan fingerprint density at radius 2 is 1.56 bits per heavy atom. The lowest BCUT2D eigenvalue weighted by atomic mass is 10.0. The number of carbonyl (C=O) groups excluding carboxylic acids is 1. The second-order valence-electron chi connectivity index (χ2n) is 8.13. The van der Waals surface area contributed by atoms with Crippen molar-refractivity contribution in [2.75, 3.05) is 57.0 Å². The van der Waals surface area contributed by atoms with Crippen molar-refractivity contribution in [1.82, 2.24) is 9.80 Å². The number of rotatable bonds is 4. The third-order valence-corrected chi connectivity index (χ3v) is 5.96. The van der Waals surface area contributed by atoms with Crippen LogP contribution >= 0.6 is 24.8 Å². The number of anilines is 2. The van der Waals surface area contributed by atoms with Gasteiger partial charge in [0.15, 0.2) is 0 Å². The fraction of sp³-hybridized carbons (Fsp3) is 0.304. The molecule has 0 bridgehead atoms. The SMILES string of the molecule is CN1CCN(CCO/N=C2/C(=C3/C(=O)Nc4ccc(F)cc43)Nc3ccc(F)cc32)CC1.Cl.Cl. The number of piperazine rings is 1. The molecule has 1 amide bonds. The van der Waals surface area contributed by atoms with Gasteiger partial charge in [-0.25, -0.2) is 8.78 Å². The van der Waals surface area contributed by atoms with Crippen molar-refractivity contribution in [3.05, 3.63) is 64.9 Å². The van der Waals surface area contributed by atoms with E-state index in [-0.39, 0.29) is 36.3 Å². The number of allylic oxidation sites excluding steroid dienone is 1. The molecule has 0 spiro atoms. The molecule has 34 heavy (non-hydrogen) atoms. The molecule has 182 valence electrons. The Labute approximate surface area is 208 Å². The Morgan fingerprint density at radius 3 is 2.24 bits per heavy atom. The molecule has 0 saturated carbocycles. The summed E-state index contributed by atoms with van der Waals surface area (Å²) in [4.78, 5) is 22.9. The van der Waals surface area contributed by atoms with E-state index in [1.165, 1.54) is 30.3 Å². The maximum absolute atomic E-state index is 14.0. The van der Waals surface area contributed by atoms with Crippen molar-refractivity contribution >= 4 is 53.4 Å². The number of fused-ring (bicyclic) bond motifs is 2. The van der Waals surface area contributed by atoms with E-state index in [0.717, 1.165) is 26.2 Å². The molecular formula is C23H25Cl2F2N5O2. The monoisotopic (exact) mass is 511 g/mol. The highest BCUT2D eigenvalue weighted by Crippen LogP contribution is 2.39. The number of benzene rings is 2. The standard InChI is InChI=1S/C23H23F2N5O2.2ClH/c1-29-6-8-30(9-7-29)10-11-32-28-21-17-13-15(25)3-5-19(17)26-22(21)20-16-12-14(24)2-4-18(16)27-23(20)31;;/h2-5,12-13,26H,6-11H2,1H3,(H,27,31);2*1H/b22-20-,28-21+;;. The fourth-order valence-corrected chi connectivity index (χ4v) is 4.16. The molecule has 7 nitrogen and oxygen atoms in total. The average Bonchev–Trinajstić information content (AvgIpc) is 3.28. The minimum absolute atomic E-state index is 0. The maximum Gasteiger partial charge on any atom is 0.258 e. The van der Waals surface area contributed by atoms with Gasteiger partial charge >= 0.3 is 0 Å². The van der Waals surface area contributed by atoms with Crippen LogP contribution in [0.2, 0.25) is 0 Å². The Hall–Kier alpha value is -2.72. The summed E-state index contributed by atoms with van der Waals surface area (Å²) in [5.41, 5.74) is 2.97. The summed E-state index contributed by atoms with van der Waals surface area (Å²) in [5.74, 6) is -1.27. The molecule has 1 saturated heterocycles. The average molecular weight is 512 g/mol. The first-order valence-electron chi connectivity index (χ1n) is 10.5. The van der Waals surface area contributed by atoms with Gasteiger partial charge in [-0.3, -0.25) is 9.69 Å². The summed E-state index contributed by atoms with van der Waals surface area (Å²) in [6.45, 7) is 5.01. The van der Waals surface area contributed by atoms with Gasteiger partial charge in [-0.05, 0) is 43.4 Å². The molecule has 2 aromatic carbocycles. The van der Waals surface area contributed by atoms with E-state index >= 15 is 0 Å². The number of hydrogen-bond donors (Lipinski definition) is 2. The molecule has 3 aliphatic heterocycles. The summed E-state index contributed by atoms with van der Waals surface area (Å²) in [7, 11) is 2.10. The Bertz CT molecular complexity index is 1150. The predicted octanol–water partition coefficient (Wildman–Crippen LogP) is 3.57. The molecule has 3 aliphatic rings. The maximum atomic E-state index is 14.0. The van der Waals surface area contributed by atoms with E-state index in [9.17, 15) is 13.6 Å². The van der Waals surface area contributed by atoms with Crippen LogP contribution in [0.3, 0.4) is 0 Å². The van der Waals surface area contributed by atoms with Crippen molar-refractivity contribution in [3.8, 4) is 0 Å². The number of nitrogens with one attached hydrogen (secondary N) is 2. The van der Waals surface area contributed by atoms with Crippen molar-refractivity contribution in [2.45, 2.75) is 0 Å². The summed E-state index contributed by atoms with van der Waals surface area (Å²) in [6, 6.07) is 8.35. The molecule has 1 fully saturated rings. The van der Waals surface area contributed by atoms with Crippen LogP contribution in [0.1, 0.15) is 11.1 Å². The van der Waals surface area contributed by atoms with Crippen LogP contribution in [-0.4, -0.2) is 67.8 Å². The van der Waals surface area contributed by atoms with Crippen LogP contribution < -0.4 is 10.6 Å². The van der Waals surface area contributed by atoms with Gasteiger partial charge in [0.1, 0.15) is 24.0 Å². The van der Waals surface area contributed by atoms with Crippen LogP contribution in [0, 0.1) is 11.6 Å². The van der Waals surface area contributed by atoms with Crippen molar-refractivity contribution < 1.29 is 18.4 Å². The van der Waals surface area contributed by atoms with Gasteiger partial charge in [0.2, 0.25) is 0 Å². The molecule has 0 unspecified atom stereocenters. The number of carbonyl (C=O) groups is 1. The first-order chi connectivity index (χ1) is 15.5. The zero-order valence-electron chi connectivity index (χ0n) is 18.4. The largest absolute Gasteiger partial charge is 0.394 e. The van der Waals surface area contributed by atoms with Crippen LogP contribution in [0.4, 0.5) is 20.2 Å². The highest BCUT2D eigenvalue weighted by atomic mass is 35.5. The van der Waals surface area contributed by atoms with E-state index in [2.05, 4.69) is 32.6 Å². The molecule has 2 aromatic rings. The second-order valence-corrected chi connectivity index (χ2v) is 8.13. The quantitative estimate of drug-likeness (QED) is 0.373.